The molecule has 0 spiro atoms. The fourth-order valence-electron chi connectivity index (χ4n) is 1.78. The number of alkyl carbamates (subject to hydrolysis) is 1. The fraction of sp³-hybridized carbons (Fsp3) is 0.467. The van der Waals surface area contributed by atoms with Crippen molar-refractivity contribution in [1.82, 2.24) is 5.32 Å². The number of ether oxygens (including phenoxy) is 1. The number of amides is 2. The van der Waals surface area contributed by atoms with Crippen LogP contribution >= 0.6 is 15.9 Å². The molecule has 116 valence electrons. The second-order valence-electron chi connectivity index (χ2n) is 5.04. The van der Waals surface area contributed by atoms with E-state index in [9.17, 15) is 9.59 Å². The highest BCUT2D eigenvalue weighted by Gasteiger charge is 2.24. The lowest BCUT2D eigenvalue weighted by Crippen LogP contribution is -2.47. The van der Waals surface area contributed by atoms with Gasteiger partial charge >= 0.3 is 6.09 Å². The Morgan fingerprint density at radius 1 is 1.33 bits per heavy atom. The SMILES string of the molecule is CCOC(=O)N[C@@H](C(=O)Nc1ccc(Br)c(C)c1)C(C)C. The van der Waals surface area contributed by atoms with Gasteiger partial charge in [-0.3, -0.25) is 4.79 Å². The van der Waals surface area contributed by atoms with Crippen LogP contribution in [0.3, 0.4) is 0 Å². The number of halogens is 1. The lowest BCUT2D eigenvalue weighted by Gasteiger charge is -2.21. The maximum atomic E-state index is 12.3. The number of anilines is 1. The average molecular weight is 357 g/mol. The van der Waals surface area contributed by atoms with Crippen molar-refractivity contribution in [2.75, 3.05) is 11.9 Å². The monoisotopic (exact) mass is 356 g/mol. The van der Waals surface area contributed by atoms with E-state index in [0.717, 1.165) is 10.0 Å². The van der Waals surface area contributed by atoms with E-state index < -0.39 is 12.1 Å². The van der Waals surface area contributed by atoms with E-state index in [4.69, 9.17) is 4.74 Å². The van der Waals surface area contributed by atoms with Crippen LogP contribution in [-0.2, 0) is 9.53 Å². The highest BCUT2D eigenvalue weighted by molar-refractivity contribution is 9.10. The molecule has 1 aromatic carbocycles. The van der Waals surface area contributed by atoms with Crippen molar-refractivity contribution in [3.8, 4) is 0 Å². The zero-order chi connectivity index (χ0) is 16.0. The summed E-state index contributed by atoms with van der Waals surface area (Å²) in [5.74, 6) is -0.314. The van der Waals surface area contributed by atoms with Crippen LogP contribution in [0.5, 0.6) is 0 Å². The zero-order valence-corrected chi connectivity index (χ0v) is 14.3. The number of aryl methyl sites for hydroxylation is 1. The van der Waals surface area contributed by atoms with Gasteiger partial charge < -0.3 is 15.4 Å². The number of hydrogen-bond donors (Lipinski definition) is 2. The number of carbonyl (C=O) groups is 2. The Labute approximate surface area is 133 Å². The van der Waals surface area contributed by atoms with Crippen molar-refractivity contribution >= 4 is 33.6 Å². The molecule has 1 rings (SSSR count). The summed E-state index contributed by atoms with van der Waals surface area (Å²) < 4.78 is 5.80. The Balaban J connectivity index is 2.76. The molecular formula is C15H21BrN2O3. The summed E-state index contributed by atoms with van der Waals surface area (Å²) in [5.41, 5.74) is 1.71. The van der Waals surface area contributed by atoms with E-state index in [-0.39, 0.29) is 18.4 Å². The first kappa shape index (κ1) is 17.5. The summed E-state index contributed by atoms with van der Waals surface area (Å²) in [7, 11) is 0. The minimum Gasteiger partial charge on any atom is -0.450 e. The van der Waals surface area contributed by atoms with Gasteiger partial charge in [0.25, 0.3) is 0 Å². The Morgan fingerprint density at radius 2 is 2.00 bits per heavy atom. The standard InChI is InChI=1S/C15H21BrN2O3/c1-5-21-15(20)18-13(9(2)3)14(19)17-11-6-7-12(16)10(4)8-11/h6-9,13H,5H2,1-4H3,(H,17,19)(H,18,20)/t13-/m1/s1. The summed E-state index contributed by atoms with van der Waals surface area (Å²) >= 11 is 3.41. The highest BCUT2D eigenvalue weighted by Crippen LogP contribution is 2.20. The minimum absolute atomic E-state index is 0.0500. The summed E-state index contributed by atoms with van der Waals surface area (Å²) in [4.78, 5) is 23.8. The Bertz CT molecular complexity index is 518. The van der Waals surface area contributed by atoms with Crippen LogP contribution in [-0.4, -0.2) is 24.6 Å². The summed E-state index contributed by atoms with van der Waals surface area (Å²) in [6.07, 6.45) is -0.585. The summed E-state index contributed by atoms with van der Waals surface area (Å²) in [6, 6.07) is 4.89. The lowest BCUT2D eigenvalue weighted by molar-refractivity contribution is -0.119. The smallest absolute Gasteiger partial charge is 0.407 e. The first-order chi connectivity index (χ1) is 9.85. The molecule has 2 N–H and O–H groups in total. The molecule has 1 aromatic rings. The third-order valence-electron chi connectivity index (χ3n) is 2.92. The summed E-state index contributed by atoms with van der Waals surface area (Å²) in [6.45, 7) is 7.65. The topological polar surface area (TPSA) is 67.4 Å². The molecule has 5 nitrogen and oxygen atoms in total. The Hall–Kier alpha value is -1.56. The number of carbonyl (C=O) groups excluding carboxylic acids is 2. The van der Waals surface area contributed by atoms with Gasteiger partial charge in [-0.25, -0.2) is 4.79 Å². The van der Waals surface area contributed by atoms with Gasteiger partial charge in [0, 0.05) is 10.2 Å². The maximum Gasteiger partial charge on any atom is 0.407 e. The van der Waals surface area contributed by atoms with Gasteiger partial charge in [-0.1, -0.05) is 29.8 Å². The van der Waals surface area contributed by atoms with Crippen LogP contribution < -0.4 is 10.6 Å². The van der Waals surface area contributed by atoms with Gasteiger partial charge in [-0.05, 0) is 43.5 Å². The van der Waals surface area contributed by atoms with E-state index in [1.54, 1.807) is 13.0 Å². The number of rotatable bonds is 5. The van der Waals surface area contributed by atoms with Crippen molar-refractivity contribution in [3.63, 3.8) is 0 Å². The van der Waals surface area contributed by atoms with Crippen molar-refractivity contribution < 1.29 is 14.3 Å². The molecule has 0 aliphatic rings. The molecule has 21 heavy (non-hydrogen) atoms. The molecule has 0 aliphatic carbocycles. The molecule has 0 unspecified atom stereocenters. The summed E-state index contributed by atoms with van der Waals surface area (Å²) in [5, 5.41) is 5.39. The normalized spacial score (nSPS) is 11.9. The third-order valence-corrected chi connectivity index (χ3v) is 3.81. The van der Waals surface area contributed by atoms with E-state index in [1.165, 1.54) is 0 Å². The minimum atomic E-state index is -0.645. The van der Waals surface area contributed by atoms with Crippen LogP contribution in [0.4, 0.5) is 10.5 Å². The van der Waals surface area contributed by atoms with E-state index in [1.807, 2.05) is 32.9 Å². The van der Waals surface area contributed by atoms with Gasteiger partial charge in [-0.2, -0.15) is 0 Å². The van der Waals surface area contributed by atoms with E-state index in [2.05, 4.69) is 26.6 Å². The van der Waals surface area contributed by atoms with Gasteiger partial charge in [-0.15, -0.1) is 0 Å². The zero-order valence-electron chi connectivity index (χ0n) is 12.7. The molecule has 0 bridgehead atoms. The van der Waals surface area contributed by atoms with Gasteiger partial charge in [0.1, 0.15) is 6.04 Å². The van der Waals surface area contributed by atoms with Crippen molar-refractivity contribution in [1.29, 1.82) is 0 Å². The van der Waals surface area contributed by atoms with Gasteiger partial charge in [0.2, 0.25) is 5.91 Å². The molecule has 6 heteroatoms. The maximum absolute atomic E-state index is 12.3. The molecule has 0 saturated heterocycles. The van der Waals surface area contributed by atoms with Crippen molar-refractivity contribution in [2.45, 2.75) is 33.7 Å². The molecule has 0 aromatic heterocycles. The predicted octanol–water partition coefficient (Wildman–Crippen LogP) is 3.47. The predicted molar refractivity (Wildman–Crippen MR) is 86.3 cm³/mol. The Kier molecular flexibility index (Phi) is 6.68. The van der Waals surface area contributed by atoms with Gasteiger partial charge in [0.05, 0.1) is 6.61 Å². The van der Waals surface area contributed by atoms with Crippen LogP contribution in [0.2, 0.25) is 0 Å². The Morgan fingerprint density at radius 3 is 2.52 bits per heavy atom. The van der Waals surface area contributed by atoms with Crippen LogP contribution in [0.15, 0.2) is 22.7 Å². The van der Waals surface area contributed by atoms with Gasteiger partial charge in [0.15, 0.2) is 0 Å². The second kappa shape index (κ2) is 8.02. The number of benzene rings is 1. The molecule has 0 aliphatic heterocycles. The third kappa shape index (κ3) is 5.38. The van der Waals surface area contributed by atoms with Crippen molar-refractivity contribution in [3.05, 3.63) is 28.2 Å². The molecule has 1 atom stereocenters. The number of hydrogen-bond acceptors (Lipinski definition) is 3. The van der Waals surface area contributed by atoms with Crippen LogP contribution in [0.1, 0.15) is 26.3 Å². The van der Waals surface area contributed by atoms with Crippen molar-refractivity contribution in [2.24, 2.45) is 5.92 Å². The second-order valence-corrected chi connectivity index (χ2v) is 5.89. The first-order valence-corrected chi connectivity index (χ1v) is 7.64. The lowest BCUT2D eigenvalue weighted by atomic mass is 10.0. The molecule has 0 radical (unpaired) electrons. The molecule has 0 heterocycles. The quantitative estimate of drug-likeness (QED) is 0.848. The largest absolute Gasteiger partial charge is 0.450 e. The molecule has 0 saturated carbocycles. The molecular weight excluding hydrogens is 336 g/mol. The molecule has 2 amide bonds. The van der Waals surface area contributed by atoms with Crippen LogP contribution in [0, 0.1) is 12.8 Å². The highest BCUT2D eigenvalue weighted by atomic mass is 79.9. The van der Waals surface area contributed by atoms with E-state index in [0.29, 0.717) is 5.69 Å². The first-order valence-electron chi connectivity index (χ1n) is 6.85. The average Bonchev–Trinajstić information content (AvgIpc) is 2.40. The fourth-order valence-corrected chi connectivity index (χ4v) is 2.02. The van der Waals surface area contributed by atoms with E-state index >= 15 is 0 Å². The van der Waals surface area contributed by atoms with Crippen LogP contribution in [0.25, 0.3) is 0 Å². The number of nitrogens with one attached hydrogen (secondary N) is 2. The molecule has 0 fully saturated rings.